The summed E-state index contributed by atoms with van der Waals surface area (Å²) in [5.41, 5.74) is 1.67. The molecule has 12 unspecified atom stereocenters. The van der Waals surface area contributed by atoms with Crippen LogP contribution in [0.15, 0.2) is 0 Å². The quantitative estimate of drug-likeness (QED) is 0.400. The molecule has 0 heterocycles. The average Bonchev–Trinajstić information content (AvgIpc) is 3.01. The Morgan fingerprint density at radius 2 is 0.833 bits per heavy atom. The number of fused-ring (bicyclic) bond motifs is 1. The largest absolute Gasteiger partial charge is 0.0619 e. The van der Waals surface area contributed by atoms with E-state index in [9.17, 15) is 0 Å². The van der Waals surface area contributed by atoms with E-state index in [1.807, 2.05) is 0 Å². The van der Waals surface area contributed by atoms with Gasteiger partial charge in [0.25, 0.3) is 0 Å². The van der Waals surface area contributed by atoms with Crippen LogP contribution in [0.5, 0.6) is 0 Å². The first kappa shape index (κ1) is 24.6. The molecule has 0 saturated heterocycles. The number of hydrogen-bond donors (Lipinski definition) is 0. The molecule has 0 nitrogen and oxygen atoms in total. The van der Waals surface area contributed by atoms with Crippen molar-refractivity contribution in [3.8, 4) is 0 Å². The van der Waals surface area contributed by atoms with Crippen molar-refractivity contribution in [3.05, 3.63) is 0 Å². The van der Waals surface area contributed by atoms with E-state index in [1.165, 1.54) is 0 Å². The molecule has 0 spiro atoms. The van der Waals surface area contributed by atoms with Crippen molar-refractivity contribution in [3.63, 3.8) is 0 Å². The highest BCUT2D eigenvalue weighted by molar-refractivity contribution is 5.19. The maximum Gasteiger partial charge on any atom is -0.0228 e. The Morgan fingerprint density at radius 3 is 1.23 bits per heavy atom. The van der Waals surface area contributed by atoms with E-state index < -0.39 is 0 Å². The number of rotatable bonds is 1. The van der Waals surface area contributed by atoms with Crippen LogP contribution in [0.25, 0.3) is 0 Å². The predicted molar refractivity (Wildman–Crippen MR) is 133 cm³/mol. The average molecular weight is 417 g/mol. The second-order valence-electron chi connectivity index (χ2n) is 15.6. The molecule has 0 bridgehead atoms. The molecule has 0 aromatic carbocycles. The molecule has 3 fully saturated rings. The molecule has 0 aliphatic heterocycles. The third-order valence-electron chi connectivity index (χ3n) is 12.1. The predicted octanol–water partition coefficient (Wildman–Crippen LogP) is 9.05. The lowest BCUT2D eigenvalue weighted by atomic mass is 9.54. The van der Waals surface area contributed by atoms with Gasteiger partial charge in [-0.25, -0.2) is 0 Å². The van der Waals surface area contributed by atoms with Crippen LogP contribution in [0.4, 0.5) is 0 Å². The van der Waals surface area contributed by atoms with E-state index in [2.05, 4.69) is 104 Å². The maximum absolute atomic E-state index is 2.77. The summed E-state index contributed by atoms with van der Waals surface area (Å²) >= 11 is 0. The second kappa shape index (κ2) is 7.00. The van der Waals surface area contributed by atoms with Gasteiger partial charge in [0, 0.05) is 0 Å². The SMILES string of the molecule is CC1C(C)C(C2(C)C3C(C)C(C(C)(C)C)C(C)C3C(C)(C)C2C)C(C)C1C(C)(C)C. The molecule has 0 amide bonds. The van der Waals surface area contributed by atoms with Crippen molar-refractivity contribution in [1.82, 2.24) is 0 Å². The minimum absolute atomic E-state index is 0.400. The van der Waals surface area contributed by atoms with E-state index >= 15 is 0 Å². The smallest absolute Gasteiger partial charge is 0.0228 e. The monoisotopic (exact) mass is 416 g/mol. The molecule has 3 aliphatic carbocycles. The molecule has 176 valence electrons. The first-order valence-corrected chi connectivity index (χ1v) is 13.3. The summed E-state index contributed by atoms with van der Waals surface area (Å²) in [5, 5.41) is 0. The molecule has 30 heavy (non-hydrogen) atoms. The van der Waals surface area contributed by atoms with Gasteiger partial charge in [0.1, 0.15) is 0 Å². The minimum atomic E-state index is 0.400. The molecule has 3 rings (SSSR count). The summed E-state index contributed by atoms with van der Waals surface area (Å²) in [6, 6.07) is 0. The zero-order chi connectivity index (χ0) is 23.4. The maximum atomic E-state index is 2.77. The molecule has 0 radical (unpaired) electrons. The third-order valence-corrected chi connectivity index (χ3v) is 12.1. The highest BCUT2D eigenvalue weighted by atomic mass is 14.8. The summed E-state index contributed by atoms with van der Waals surface area (Å²) < 4.78 is 0. The van der Waals surface area contributed by atoms with Crippen molar-refractivity contribution in [2.45, 2.75) is 104 Å². The van der Waals surface area contributed by atoms with E-state index in [-0.39, 0.29) is 0 Å². The van der Waals surface area contributed by atoms with Gasteiger partial charge in [-0.2, -0.15) is 0 Å². The molecular weight excluding hydrogens is 360 g/mol. The van der Waals surface area contributed by atoms with Gasteiger partial charge in [-0.1, -0.05) is 104 Å². The second-order valence-corrected chi connectivity index (χ2v) is 15.6. The molecule has 0 N–H and O–H groups in total. The van der Waals surface area contributed by atoms with Crippen molar-refractivity contribution < 1.29 is 0 Å². The Hall–Kier alpha value is 0. The van der Waals surface area contributed by atoms with Crippen LogP contribution in [-0.2, 0) is 0 Å². The van der Waals surface area contributed by atoms with Crippen LogP contribution in [-0.4, -0.2) is 0 Å². The summed E-state index contributed by atoms with van der Waals surface area (Å²) in [6.45, 7) is 38.9. The van der Waals surface area contributed by atoms with Crippen molar-refractivity contribution in [1.29, 1.82) is 0 Å². The molecule has 3 saturated carbocycles. The van der Waals surface area contributed by atoms with Gasteiger partial charge in [-0.3, -0.25) is 0 Å². The van der Waals surface area contributed by atoms with Crippen LogP contribution in [0.3, 0.4) is 0 Å². The van der Waals surface area contributed by atoms with Crippen molar-refractivity contribution in [2.24, 2.45) is 86.8 Å². The lowest BCUT2D eigenvalue weighted by Gasteiger charge is -2.50. The molecule has 0 aromatic rings. The summed E-state index contributed by atoms with van der Waals surface area (Å²) in [5.74, 6) is 9.12. The van der Waals surface area contributed by atoms with Crippen LogP contribution in [0.1, 0.15) is 104 Å². The summed E-state index contributed by atoms with van der Waals surface area (Å²) in [7, 11) is 0. The minimum Gasteiger partial charge on any atom is -0.0619 e. The van der Waals surface area contributed by atoms with Crippen LogP contribution in [0, 0.1) is 86.8 Å². The van der Waals surface area contributed by atoms with Crippen LogP contribution >= 0.6 is 0 Å². The Bertz CT molecular complexity index is 642. The van der Waals surface area contributed by atoms with E-state index in [4.69, 9.17) is 0 Å². The van der Waals surface area contributed by atoms with E-state index in [0.29, 0.717) is 21.7 Å². The lowest BCUT2D eigenvalue weighted by molar-refractivity contribution is -0.0261. The topological polar surface area (TPSA) is 0 Å². The molecule has 12 atom stereocenters. The fourth-order valence-electron chi connectivity index (χ4n) is 11.7. The lowest BCUT2D eigenvalue weighted by Crippen LogP contribution is -2.45. The summed E-state index contributed by atoms with van der Waals surface area (Å²) in [6.07, 6.45) is 0. The first-order valence-electron chi connectivity index (χ1n) is 13.3. The van der Waals surface area contributed by atoms with Gasteiger partial charge >= 0.3 is 0 Å². The van der Waals surface area contributed by atoms with Crippen LogP contribution in [0.2, 0.25) is 0 Å². The third kappa shape index (κ3) is 3.04. The fourth-order valence-corrected chi connectivity index (χ4v) is 11.7. The zero-order valence-electron chi connectivity index (χ0n) is 23.4. The van der Waals surface area contributed by atoms with Gasteiger partial charge in [-0.05, 0) is 86.8 Å². The molecule has 3 aliphatic rings. The van der Waals surface area contributed by atoms with Crippen molar-refractivity contribution >= 4 is 0 Å². The molecule has 0 heteroatoms. The Balaban J connectivity index is 2.15. The fraction of sp³-hybridized carbons (Fsp3) is 1.00. The highest BCUT2D eigenvalue weighted by Gasteiger charge is 2.71. The molecule has 0 aromatic heterocycles. The van der Waals surface area contributed by atoms with Crippen LogP contribution < -0.4 is 0 Å². The van der Waals surface area contributed by atoms with E-state index in [1.54, 1.807) is 0 Å². The number of hydrogen-bond acceptors (Lipinski definition) is 0. The van der Waals surface area contributed by atoms with Gasteiger partial charge in [0.15, 0.2) is 0 Å². The van der Waals surface area contributed by atoms with Gasteiger partial charge in [-0.15, -0.1) is 0 Å². The van der Waals surface area contributed by atoms with Gasteiger partial charge in [0.05, 0.1) is 0 Å². The normalized spacial score (nSPS) is 53.9. The Labute approximate surface area is 190 Å². The Morgan fingerprint density at radius 1 is 0.467 bits per heavy atom. The van der Waals surface area contributed by atoms with Gasteiger partial charge < -0.3 is 0 Å². The molecular formula is C30H56. The van der Waals surface area contributed by atoms with Gasteiger partial charge in [0.2, 0.25) is 0 Å². The first-order chi connectivity index (χ1) is 13.3. The highest BCUT2D eigenvalue weighted by Crippen LogP contribution is 2.76. The van der Waals surface area contributed by atoms with E-state index in [0.717, 1.165) is 65.1 Å². The summed E-state index contributed by atoms with van der Waals surface area (Å²) in [4.78, 5) is 0. The zero-order valence-corrected chi connectivity index (χ0v) is 23.4. The van der Waals surface area contributed by atoms with Crippen molar-refractivity contribution in [2.75, 3.05) is 0 Å². The Kier molecular flexibility index (Phi) is 5.75. The standard InChI is InChI=1S/C30H56/c1-16-17(2)24(18(3)22(16)27(7,8)9)30(15)21(6)29(13,14)25-19(4)23(28(10,11)12)20(5)26(25)30/h16-26H,1-15H3.